The average Bonchev–Trinajstić information content (AvgIpc) is 1.85. The van der Waals surface area contributed by atoms with Crippen LogP contribution >= 0.6 is 0 Å². The van der Waals surface area contributed by atoms with Crippen molar-refractivity contribution >= 4 is 0 Å². The molecule has 68 valence electrons. The Labute approximate surface area is 64.5 Å². The molecule has 0 aromatic rings. The fourth-order valence-electron chi connectivity index (χ4n) is 0.494. The van der Waals surface area contributed by atoms with E-state index in [0.29, 0.717) is 0 Å². The van der Waals surface area contributed by atoms with Crippen LogP contribution in [0, 0.1) is 0 Å². The Balaban J connectivity index is 3.28. The molecule has 0 rings (SSSR count). The Hall–Kier alpha value is -0.250. The predicted octanol–water partition coefficient (Wildman–Crippen LogP) is 2.75. The van der Waals surface area contributed by atoms with Crippen LogP contribution in [0.5, 0.6) is 0 Å². The van der Waals surface area contributed by atoms with Gasteiger partial charge in [-0.15, -0.1) is 0 Å². The molecule has 0 aromatic carbocycles. The normalized spacial score (nSPS) is 15.0. The molecule has 0 heterocycles. The second-order valence-electron chi connectivity index (χ2n) is 2.45. The van der Waals surface area contributed by atoms with Crippen LogP contribution in [0.3, 0.4) is 0 Å². The van der Waals surface area contributed by atoms with Gasteiger partial charge in [-0.1, -0.05) is 6.92 Å². The quantitative estimate of drug-likeness (QED) is 0.630. The van der Waals surface area contributed by atoms with Gasteiger partial charge in [0.2, 0.25) is 0 Å². The molecule has 1 nitrogen and oxygen atoms in total. The lowest BCUT2D eigenvalue weighted by Gasteiger charge is -2.11. The molecule has 1 unspecified atom stereocenters. The molecular weight excluding hydrogens is 157 g/mol. The summed E-state index contributed by atoms with van der Waals surface area (Å²) < 4.78 is 39.4. The van der Waals surface area contributed by atoms with E-state index in [4.69, 9.17) is 4.74 Å². The maximum Gasteiger partial charge on any atom is 0.391 e. The van der Waals surface area contributed by atoms with E-state index >= 15 is 0 Å². The number of alkyl halides is 3. The van der Waals surface area contributed by atoms with Crippen molar-refractivity contribution in [3.63, 3.8) is 0 Å². The van der Waals surface area contributed by atoms with E-state index in [1.165, 1.54) is 0 Å². The number of ether oxygens (including phenoxy) is 1. The molecule has 0 bridgehead atoms. The van der Waals surface area contributed by atoms with Crippen LogP contribution in [0.25, 0.3) is 0 Å². The average molecular weight is 170 g/mol. The molecule has 0 aliphatic heterocycles. The molecule has 0 aliphatic carbocycles. The molecular formula is C7H13F3O. The fraction of sp³-hybridized carbons (Fsp3) is 1.00. The molecule has 0 radical (unpaired) electrons. The lowest BCUT2D eigenvalue weighted by Crippen LogP contribution is -2.15. The first-order chi connectivity index (χ1) is 4.95. The number of hydrogen-bond donors (Lipinski definition) is 0. The summed E-state index contributed by atoms with van der Waals surface area (Å²) in [5.74, 6) is 0. The highest BCUT2D eigenvalue weighted by molar-refractivity contribution is 4.50. The highest BCUT2D eigenvalue weighted by Crippen LogP contribution is 2.19. The molecule has 0 amide bonds. The summed E-state index contributed by atoms with van der Waals surface area (Å²) in [6.07, 6.45) is -4.26. The molecule has 11 heavy (non-hydrogen) atoms. The number of hydrogen-bond acceptors (Lipinski definition) is 1. The van der Waals surface area contributed by atoms with Gasteiger partial charge in [-0.3, -0.25) is 0 Å². The van der Waals surface area contributed by atoms with Crippen LogP contribution in [0.1, 0.15) is 26.7 Å². The molecule has 0 saturated carbocycles. The Bertz CT molecular complexity index is 100. The van der Waals surface area contributed by atoms with Crippen molar-refractivity contribution in [3.8, 4) is 0 Å². The lowest BCUT2D eigenvalue weighted by atomic mass is 10.3. The third kappa shape index (κ3) is 7.65. The molecule has 4 heteroatoms. The lowest BCUT2D eigenvalue weighted by molar-refractivity contribution is -0.148. The maximum absolute atomic E-state index is 11.5. The second kappa shape index (κ2) is 4.59. The fourth-order valence-corrected chi connectivity index (χ4v) is 0.494. The van der Waals surface area contributed by atoms with Crippen molar-refractivity contribution in [2.75, 3.05) is 6.61 Å². The first kappa shape index (κ1) is 10.8. The maximum atomic E-state index is 11.5. The Morgan fingerprint density at radius 1 is 1.36 bits per heavy atom. The van der Waals surface area contributed by atoms with Crippen molar-refractivity contribution in [1.82, 2.24) is 0 Å². The van der Waals surface area contributed by atoms with Gasteiger partial charge in [0, 0.05) is 0 Å². The summed E-state index contributed by atoms with van der Waals surface area (Å²) in [4.78, 5) is 0. The van der Waals surface area contributed by atoms with E-state index in [1.807, 2.05) is 6.92 Å². The van der Waals surface area contributed by atoms with Crippen LogP contribution in [0.15, 0.2) is 0 Å². The Kier molecular flexibility index (Phi) is 4.49. The number of rotatable bonds is 4. The summed E-state index contributed by atoms with van der Waals surface area (Å²) in [5, 5.41) is 0. The van der Waals surface area contributed by atoms with Gasteiger partial charge in [-0.25, -0.2) is 0 Å². The SMILES string of the molecule is CCC(C)OCCC(F)(F)F. The van der Waals surface area contributed by atoms with E-state index in [2.05, 4.69) is 0 Å². The standard InChI is InChI=1S/C7H13F3O/c1-3-6(2)11-5-4-7(8,9)10/h6H,3-5H2,1-2H3. The topological polar surface area (TPSA) is 9.23 Å². The van der Waals surface area contributed by atoms with Gasteiger partial charge in [0.05, 0.1) is 19.1 Å². The molecule has 0 saturated heterocycles. The van der Waals surface area contributed by atoms with Crippen molar-refractivity contribution in [1.29, 1.82) is 0 Å². The molecule has 0 aromatic heterocycles. The Morgan fingerprint density at radius 3 is 2.27 bits per heavy atom. The molecule has 0 aliphatic rings. The minimum Gasteiger partial charge on any atom is -0.378 e. The summed E-state index contributed by atoms with van der Waals surface area (Å²) in [7, 11) is 0. The zero-order chi connectivity index (χ0) is 8.91. The number of halogens is 3. The molecule has 1 atom stereocenters. The minimum absolute atomic E-state index is 0.0719. The van der Waals surface area contributed by atoms with E-state index in [-0.39, 0.29) is 12.7 Å². The highest BCUT2D eigenvalue weighted by atomic mass is 19.4. The summed E-state index contributed by atoms with van der Waals surface area (Å²) in [5.41, 5.74) is 0. The van der Waals surface area contributed by atoms with Crippen LogP contribution in [0.4, 0.5) is 13.2 Å². The minimum atomic E-state index is -4.09. The van der Waals surface area contributed by atoms with Crippen molar-refractivity contribution < 1.29 is 17.9 Å². The van der Waals surface area contributed by atoms with E-state index in [0.717, 1.165) is 6.42 Å². The first-order valence-electron chi connectivity index (χ1n) is 3.64. The monoisotopic (exact) mass is 170 g/mol. The zero-order valence-corrected chi connectivity index (χ0v) is 6.74. The van der Waals surface area contributed by atoms with Crippen molar-refractivity contribution in [2.24, 2.45) is 0 Å². The van der Waals surface area contributed by atoms with Gasteiger partial charge in [-0.05, 0) is 13.3 Å². The van der Waals surface area contributed by atoms with Gasteiger partial charge in [-0.2, -0.15) is 13.2 Å². The Morgan fingerprint density at radius 2 is 1.91 bits per heavy atom. The van der Waals surface area contributed by atoms with E-state index < -0.39 is 12.6 Å². The van der Waals surface area contributed by atoms with Crippen LogP contribution in [-0.2, 0) is 4.74 Å². The van der Waals surface area contributed by atoms with Gasteiger partial charge in [0.1, 0.15) is 0 Å². The third-order valence-electron chi connectivity index (χ3n) is 1.36. The van der Waals surface area contributed by atoms with E-state index in [9.17, 15) is 13.2 Å². The van der Waals surface area contributed by atoms with Gasteiger partial charge < -0.3 is 4.74 Å². The first-order valence-corrected chi connectivity index (χ1v) is 3.64. The summed E-state index contributed by atoms with van der Waals surface area (Å²) >= 11 is 0. The molecule has 0 spiro atoms. The zero-order valence-electron chi connectivity index (χ0n) is 6.74. The van der Waals surface area contributed by atoms with Crippen LogP contribution in [-0.4, -0.2) is 18.9 Å². The van der Waals surface area contributed by atoms with E-state index in [1.54, 1.807) is 6.92 Å². The largest absolute Gasteiger partial charge is 0.391 e. The third-order valence-corrected chi connectivity index (χ3v) is 1.36. The summed E-state index contributed by atoms with van der Waals surface area (Å²) in [6.45, 7) is 3.41. The molecule has 0 N–H and O–H groups in total. The van der Waals surface area contributed by atoms with Crippen molar-refractivity contribution in [3.05, 3.63) is 0 Å². The molecule has 0 fully saturated rings. The smallest absolute Gasteiger partial charge is 0.378 e. The highest BCUT2D eigenvalue weighted by Gasteiger charge is 2.26. The van der Waals surface area contributed by atoms with Gasteiger partial charge in [0.15, 0.2) is 0 Å². The van der Waals surface area contributed by atoms with Gasteiger partial charge >= 0.3 is 6.18 Å². The summed E-state index contributed by atoms with van der Waals surface area (Å²) in [6, 6.07) is 0. The van der Waals surface area contributed by atoms with Crippen LogP contribution < -0.4 is 0 Å². The second-order valence-corrected chi connectivity index (χ2v) is 2.45. The predicted molar refractivity (Wildman–Crippen MR) is 36.4 cm³/mol. The van der Waals surface area contributed by atoms with Crippen LogP contribution in [0.2, 0.25) is 0 Å². The van der Waals surface area contributed by atoms with Gasteiger partial charge in [0.25, 0.3) is 0 Å². The van der Waals surface area contributed by atoms with Crippen molar-refractivity contribution in [2.45, 2.75) is 39.0 Å².